The fourth-order valence-corrected chi connectivity index (χ4v) is 8.59. The molecule has 3 heterocycles. The van der Waals surface area contributed by atoms with Crippen molar-refractivity contribution in [3.05, 3.63) is 108 Å². The minimum absolute atomic E-state index is 0.00584. The number of alkyl halides is 1. The Morgan fingerprint density at radius 3 is 1.47 bits per heavy atom. The summed E-state index contributed by atoms with van der Waals surface area (Å²) in [6, 6.07) is 25.6. The second-order valence-corrected chi connectivity index (χ2v) is 17.7. The first-order valence-corrected chi connectivity index (χ1v) is 24.2. The molecule has 3 aliphatic heterocycles. The summed E-state index contributed by atoms with van der Waals surface area (Å²) in [6.45, 7) is 4.31. The van der Waals surface area contributed by atoms with Crippen LogP contribution in [0.5, 0.6) is 0 Å². The number of esters is 5. The van der Waals surface area contributed by atoms with Gasteiger partial charge < -0.3 is 77.1 Å². The van der Waals surface area contributed by atoms with Gasteiger partial charge in [0.25, 0.3) is 0 Å². The highest BCUT2D eigenvalue weighted by atomic mass is 35.5. The number of benzene rings is 3. The molecule has 1 amide bonds. The fraction of sp³-hybridized carbons (Fsp3) is 0.529. The van der Waals surface area contributed by atoms with Gasteiger partial charge in [0.1, 0.15) is 61.3 Å². The zero-order valence-corrected chi connectivity index (χ0v) is 42.1. The van der Waals surface area contributed by atoms with E-state index in [0.29, 0.717) is 5.56 Å². The molecule has 0 radical (unpaired) electrons. The number of halogens is 1. The number of aliphatic hydroxyl groups excluding tert-OH is 2. The lowest BCUT2D eigenvalue weighted by molar-refractivity contribution is -0.369. The highest BCUT2D eigenvalue weighted by Gasteiger charge is 2.58. The van der Waals surface area contributed by atoms with Crippen molar-refractivity contribution in [2.75, 3.05) is 25.7 Å². The summed E-state index contributed by atoms with van der Waals surface area (Å²) in [5, 5.41) is 27.0. The highest BCUT2D eigenvalue weighted by molar-refractivity contribution is 6.26. The van der Waals surface area contributed by atoms with Crippen LogP contribution in [0.3, 0.4) is 0 Å². The van der Waals surface area contributed by atoms with Crippen LogP contribution in [-0.2, 0) is 110 Å². The summed E-state index contributed by atoms with van der Waals surface area (Å²) in [7, 11) is 0. The molecule has 3 aromatic carbocycles. The Kier molecular flexibility index (Phi) is 22.1. The smallest absolute Gasteiger partial charge is 0.321 e. The number of nitrogens with one attached hydrogen (secondary N) is 1. The number of hydrogen-bond donors (Lipinski definition) is 3. The van der Waals surface area contributed by atoms with E-state index in [1.165, 1.54) is 0 Å². The zero-order chi connectivity index (χ0) is 53.3. The van der Waals surface area contributed by atoms with E-state index in [1.54, 1.807) is 48.5 Å². The topological polar surface area (TPSA) is 275 Å². The standard InChI is InChI=1S/C51H62ClNO21/c1-28(54)53-40-41(60)42(73-51-48(68-32(5)58)46(72-39(59)21-52)44(67-31(4)57)38(71-51)27-64-29(2)55)36(25-62-22-33-15-9-6-10-16-33)70-50(40)74-45-43(66-30(3)56)37(26-63-23-34-17-11-7-12-18-34)69-49(61)47(45)65-24-35-19-13-8-14-20-35/h6-20,36-38,40-51,60-61H,21-27H2,1-5H3,(H,53,54)/t36-,37-,38-,40-,41-,42-,43+,44+,45+,46+,47-,48-,49+,50+,51+/m1/s1. The van der Waals surface area contributed by atoms with Gasteiger partial charge in [-0.3, -0.25) is 28.8 Å². The van der Waals surface area contributed by atoms with Crippen molar-refractivity contribution < 1.29 is 101 Å². The Morgan fingerprint density at radius 1 is 0.514 bits per heavy atom. The Labute approximate surface area is 431 Å². The van der Waals surface area contributed by atoms with Crippen LogP contribution >= 0.6 is 11.6 Å². The summed E-state index contributed by atoms with van der Waals surface area (Å²) in [5.74, 6) is -5.81. The van der Waals surface area contributed by atoms with Crippen molar-refractivity contribution in [2.45, 2.75) is 146 Å². The van der Waals surface area contributed by atoms with Gasteiger partial charge in [-0.2, -0.15) is 0 Å². The first-order chi connectivity index (χ1) is 35.5. The molecule has 74 heavy (non-hydrogen) atoms. The average molecular weight is 1060 g/mol. The maximum absolute atomic E-state index is 13.1. The molecule has 404 valence electrons. The molecule has 15 atom stereocenters. The zero-order valence-electron chi connectivity index (χ0n) is 41.3. The number of ether oxygens (including phenoxy) is 13. The van der Waals surface area contributed by atoms with Crippen molar-refractivity contribution in [1.82, 2.24) is 5.32 Å². The lowest BCUT2D eigenvalue weighted by atomic mass is 9.94. The van der Waals surface area contributed by atoms with Crippen LogP contribution in [0.2, 0.25) is 0 Å². The lowest BCUT2D eigenvalue weighted by Gasteiger charge is -2.50. The molecule has 6 rings (SSSR count). The van der Waals surface area contributed by atoms with Crippen molar-refractivity contribution in [1.29, 1.82) is 0 Å². The second kappa shape index (κ2) is 28.3. The number of aliphatic hydroxyl groups is 2. The summed E-state index contributed by atoms with van der Waals surface area (Å²) in [4.78, 5) is 76.3. The third kappa shape index (κ3) is 16.7. The largest absolute Gasteiger partial charge is 0.463 e. The Balaban J connectivity index is 1.39. The van der Waals surface area contributed by atoms with Gasteiger partial charge in [-0.05, 0) is 16.7 Å². The molecule has 3 N–H and O–H groups in total. The molecule has 23 heteroatoms. The van der Waals surface area contributed by atoms with Gasteiger partial charge in [0.2, 0.25) is 5.91 Å². The van der Waals surface area contributed by atoms with Crippen molar-refractivity contribution >= 4 is 47.4 Å². The van der Waals surface area contributed by atoms with Crippen LogP contribution in [0.15, 0.2) is 91.0 Å². The lowest BCUT2D eigenvalue weighted by Crippen LogP contribution is -2.70. The molecule has 0 spiro atoms. The molecular formula is C51H62ClNO21. The predicted molar refractivity (Wildman–Crippen MR) is 253 cm³/mol. The van der Waals surface area contributed by atoms with Crippen LogP contribution in [0.25, 0.3) is 0 Å². The summed E-state index contributed by atoms with van der Waals surface area (Å²) in [6.07, 6.45) is -22.3. The second-order valence-electron chi connectivity index (χ2n) is 17.4. The third-order valence-electron chi connectivity index (χ3n) is 11.6. The maximum Gasteiger partial charge on any atom is 0.321 e. The first-order valence-electron chi connectivity index (χ1n) is 23.7. The van der Waals surface area contributed by atoms with Crippen LogP contribution in [0, 0.1) is 0 Å². The van der Waals surface area contributed by atoms with E-state index in [2.05, 4.69) is 5.32 Å². The van der Waals surface area contributed by atoms with E-state index in [-0.39, 0.29) is 33.0 Å². The minimum Gasteiger partial charge on any atom is -0.463 e. The summed E-state index contributed by atoms with van der Waals surface area (Å²) >= 11 is 5.84. The first kappa shape index (κ1) is 57.6. The molecule has 22 nitrogen and oxygen atoms in total. The molecule has 0 unspecified atom stereocenters. The van der Waals surface area contributed by atoms with Gasteiger partial charge in [-0.15, -0.1) is 11.6 Å². The van der Waals surface area contributed by atoms with Gasteiger partial charge in [0.15, 0.2) is 43.3 Å². The molecule has 3 aromatic rings. The van der Waals surface area contributed by atoms with Gasteiger partial charge in [-0.1, -0.05) is 91.0 Å². The number of carbonyl (C=O) groups is 6. The Morgan fingerprint density at radius 2 is 0.973 bits per heavy atom. The average Bonchev–Trinajstić information content (AvgIpc) is 3.36. The molecule has 0 aliphatic carbocycles. The van der Waals surface area contributed by atoms with Gasteiger partial charge in [-0.25, -0.2) is 0 Å². The SMILES string of the molecule is CC(=O)N[C@H]1[C@H](O[C@@H]2[C@@H](OCc3ccccc3)[C@@H](O)O[C@H](COCc3ccccc3)[C@@H]2OC(C)=O)O[C@H](COCc2ccccc2)[C@@H](O[C@@H]2O[C@H](COC(C)=O)[C@H](OC(C)=O)[C@H](OC(=O)CCl)[C@H]2OC(C)=O)[C@@H]1O. The van der Waals surface area contributed by atoms with E-state index in [9.17, 15) is 39.0 Å². The van der Waals surface area contributed by atoms with Crippen molar-refractivity contribution in [3.8, 4) is 0 Å². The molecule has 3 aliphatic rings. The monoisotopic (exact) mass is 1060 g/mol. The minimum atomic E-state index is -1.88. The predicted octanol–water partition coefficient (Wildman–Crippen LogP) is 2.32. The quantitative estimate of drug-likeness (QED) is 0.0698. The van der Waals surface area contributed by atoms with Crippen LogP contribution < -0.4 is 5.32 Å². The van der Waals surface area contributed by atoms with E-state index in [4.69, 9.17) is 73.2 Å². The van der Waals surface area contributed by atoms with Crippen molar-refractivity contribution in [3.63, 3.8) is 0 Å². The van der Waals surface area contributed by atoms with E-state index in [0.717, 1.165) is 45.7 Å². The maximum atomic E-state index is 13.1. The van der Waals surface area contributed by atoms with Crippen LogP contribution in [0.1, 0.15) is 51.3 Å². The number of carbonyl (C=O) groups excluding carboxylic acids is 6. The fourth-order valence-electron chi connectivity index (χ4n) is 8.52. The third-order valence-corrected chi connectivity index (χ3v) is 11.9. The summed E-state index contributed by atoms with van der Waals surface area (Å²) in [5.41, 5.74) is 2.25. The summed E-state index contributed by atoms with van der Waals surface area (Å²) < 4.78 is 78.5. The van der Waals surface area contributed by atoms with Gasteiger partial charge >= 0.3 is 29.8 Å². The Bertz CT molecular complexity index is 2280. The van der Waals surface area contributed by atoms with E-state index < -0.39 is 140 Å². The van der Waals surface area contributed by atoms with Crippen molar-refractivity contribution in [2.24, 2.45) is 0 Å². The van der Waals surface area contributed by atoms with Crippen LogP contribution in [-0.4, -0.2) is 164 Å². The molecule has 3 fully saturated rings. The van der Waals surface area contributed by atoms with Gasteiger partial charge in [0.05, 0.1) is 33.0 Å². The number of amides is 1. The van der Waals surface area contributed by atoms with Crippen LogP contribution in [0.4, 0.5) is 0 Å². The molecule has 0 saturated carbocycles. The Hall–Kier alpha value is -5.63. The molecule has 3 saturated heterocycles. The molecular weight excluding hydrogens is 998 g/mol. The molecule has 0 aromatic heterocycles. The van der Waals surface area contributed by atoms with E-state index >= 15 is 0 Å². The molecule has 0 bridgehead atoms. The van der Waals surface area contributed by atoms with Gasteiger partial charge in [0, 0.05) is 34.6 Å². The number of hydrogen-bond acceptors (Lipinski definition) is 21. The normalized spacial score (nSPS) is 29.8. The number of rotatable bonds is 23. The highest BCUT2D eigenvalue weighted by Crippen LogP contribution is 2.36. The van der Waals surface area contributed by atoms with E-state index in [1.807, 2.05) is 42.5 Å².